The van der Waals surface area contributed by atoms with Crippen molar-refractivity contribution in [2.45, 2.75) is 51.4 Å². The lowest BCUT2D eigenvalue weighted by atomic mass is 9.91. The summed E-state index contributed by atoms with van der Waals surface area (Å²) in [5.41, 5.74) is 2.72. The molecule has 21 heavy (non-hydrogen) atoms. The topological polar surface area (TPSA) is 37.4 Å². The van der Waals surface area contributed by atoms with Crippen LogP contribution in [0.1, 0.15) is 60.9 Å². The minimum absolute atomic E-state index is 0.110. The van der Waals surface area contributed by atoms with Crippen LogP contribution < -0.4 is 4.90 Å². The summed E-state index contributed by atoms with van der Waals surface area (Å²) < 4.78 is 0. The Kier molecular flexibility index (Phi) is 4.09. The molecule has 1 aromatic rings. The normalized spacial score (nSPS) is 19.5. The number of anilines is 1. The molecule has 0 spiro atoms. The SMILES string of the molecule is CN1C(=O)Cc2cc(C(=O)CC3CCCCCC3)ccc21. The maximum absolute atomic E-state index is 12.5. The summed E-state index contributed by atoms with van der Waals surface area (Å²) in [7, 11) is 1.79. The van der Waals surface area contributed by atoms with E-state index in [-0.39, 0.29) is 11.7 Å². The molecule has 3 rings (SSSR count). The predicted octanol–water partition coefficient (Wildman–Crippen LogP) is 3.75. The summed E-state index contributed by atoms with van der Waals surface area (Å²) in [6.07, 6.45) is 8.65. The Hall–Kier alpha value is -1.64. The number of Topliss-reactive ketones (excluding diaryl/α,β-unsaturated/α-hetero) is 1. The Labute approximate surface area is 126 Å². The van der Waals surface area contributed by atoms with Crippen LogP contribution in [-0.4, -0.2) is 18.7 Å². The largest absolute Gasteiger partial charge is 0.315 e. The van der Waals surface area contributed by atoms with E-state index in [4.69, 9.17) is 0 Å². The molecule has 0 saturated heterocycles. The zero-order valence-corrected chi connectivity index (χ0v) is 12.7. The van der Waals surface area contributed by atoms with Crippen molar-refractivity contribution in [2.24, 2.45) is 5.92 Å². The molecule has 1 heterocycles. The van der Waals surface area contributed by atoms with Gasteiger partial charge in [-0.2, -0.15) is 0 Å². The first-order valence-corrected chi connectivity index (χ1v) is 8.08. The number of amides is 1. The van der Waals surface area contributed by atoms with Crippen molar-refractivity contribution in [3.63, 3.8) is 0 Å². The summed E-state index contributed by atoms with van der Waals surface area (Å²) >= 11 is 0. The molecule has 1 amide bonds. The van der Waals surface area contributed by atoms with Gasteiger partial charge in [0.15, 0.2) is 5.78 Å². The highest BCUT2D eigenvalue weighted by atomic mass is 16.2. The Morgan fingerprint density at radius 1 is 1.19 bits per heavy atom. The molecule has 1 aliphatic carbocycles. The number of ketones is 1. The van der Waals surface area contributed by atoms with Crippen LogP contribution in [0, 0.1) is 5.92 Å². The van der Waals surface area contributed by atoms with Crippen LogP contribution in [0.25, 0.3) is 0 Å². The van der Waals surface area contributed by atoms with Crippen LogP contribution in [0.5, 0.6) is 0 Å². The molecular weight excluding hydrogens is 262 g/mol. The number of rotatable bonds is 3. The molecule has 0 bridgehead atoms. The average Bonchev–Trinajstić information content (AvgIpc) is 2.67. The monoisotopic (exact) mass is 285 g/mol. The second-order valence-electron chi connectivity index (χ2n) is 6.46. The maximum atomic E-state index is 12.5. The van der Waals surface area contributed by atoms with E-state index in [1.165, 1.54) is 38.5 Å². The molecule has 1 aliphatic heterocycles. The van der Waals surface area contributed by atoms with Crippen molar-refractivity contribution in [3.05, 3.63) is 29.3 Å². The number of hydrogen-bond donors (Lipinski definition) is 0. The van der Waals surface area contributed by atoms with Crippen LogP contribution in [0.15, 0.2) is 18.2 Å². The van der Waals surface area contributed by atoms with Gasteiger partial charge in [-0.3, -0.25) is 9.59 Å². The molecular formula is C18H23NO2. The van der Waals surface area contributed by atoms with Crippen molar-refractivity contribution < 1.29 is 9.59 Å². The molecule has 3 nitrogen and oxygen atoms in total. The molecule has 0 unspecified atom stereocenters. The number of carbonyl (C=O) groups is 2. The molecule has 2 aliphatic rings. The molecule has 1 aromatic carbocycles. The number of nitrogens with zero attached hydrogens (tertiary/aromatic N) is 1. The quantitative estimate of drug-likeness (QED) is 0.626. The fraction of sp³-hybridized carbons (Fsp3) is 0.556. The number of carbonyl (C=O) groups excluding carboxylic acids is 2. The molecule has 0 N–H and O–H groups in total. The molecule has 1 fully saturated rings. The zero-order valence-electron chi connectivity index (χ0n) is 12.7. The number of fused-ring (bicyclic) bond motifs is 1. The van der Waals surface area contributed by atoms with E-state index in [1.807, 2.05) is 18.2 Å². The molecule has 1 saturated carbocycles. The minimum Gasteiger partial charge on any atom is -0.315 e. The van der Waals surface area contributed by atoms with E-state index < -0.39 is 0 Å². The van der Waals surface area contributed by atoms with Gasteiger partial charge in [0.25, 0.3) is 0 Å². The standard InChI is InChI=1S/C18H23NO2/c1-19-16-9-8-14(11-15(16)12-18(19)21)17(20)10-13-6-4-2-3-5-7-13/h8-9,11,13H,2-7,10,12H2,1H3. The van der Waals surface area contributed by atoms with E-state index in [0.717, 1.165) is 16.8 Å². The Morgan fingerprint density at radius 2 is 1.90 bits per heavy atom. The summed E-state index contributed by atoms with van der Waals surface area (Å²) in [6, 6.07) is 5.73. The van der Waals surface area contributed by atoms with E-state index in [1.54, 1.807) is 11.9 Å². The summed E-state index contributed by atoms with van der Waals surface area (Å²) in [4.78, 5) is 25.9. The van der Waals surface area contributed by atoms with Gasteiger partial charge in [-0.15, -0.1) is 0 Å². The average molecular weight is 285 g/mol. The molecule has 0 aromatic heterocycles. The summed E-state index contributed by atoms with van der Waals surface area (Å²) in [6.45, 7) is 0. The lowest BCUT2D eigenvalue weighted by Gasteiger charge is -2.14. The predicted molar refractivity (Wildman–Crippen MR) is 83.7 cm³/mol. The Bertz CT molecular complexity index is 556. The second kappa shape index (κ2) is 6.00. The number of likely N-dealkylation sites (N-methyl/N-ethyl adjacent to an activating group) is 1. The highest BCUT2D eigenvalue weighted by Gasteiger charge is 2.25. The first kappa shape index (κ1) is 14.3. The van der Waals surface area contributed by atoms with Crippen LogP contribution in [-0.2, 0) is 11.2 Å². The number of hydrogen-bond acceptors (Lipinski definition) is 2. The lowest BCUT2D eigenvalue weighted by Crippen LogP contribution is -2.20. The van der Waals surface area contributed by atoms with Crippen molar-refractivity contribution in [1.82, 2.24) is 0 Å². The van der Waals surface area contributed by atoms with Crippen molar-refractivity contribution >= 4 is 17.4 Å². The van der Waals surface area contributed by atoms with Crippen molar-refractivity contribution in [3.8, 4) is 0 Å². The van der Waals surface area contributed by atoms with Gasteiger partial charge >= 0.3 is 0 Å². The fourth-order valence-electron chi connectivity index (χ4n) is 3.59. The van der Waals surface area contributed by atoms with E-state index in [2.05, 4.69) is 0 Å². The molecule has 0 radical (unpaired) electrons. The van der Waals surface area contributed by atoms with Gasteiger partial charge in [0.05, 0.1) is 6.42 Å². The third-order valence-electron chi connectivity index (χ3n) is 4.93. The van der Waals surface area contributed by atoms with E-state index in [0.29, 0.717) is 18.8 Å². The molecule has 0 atom stereocenters. The van der Waals surface area contributed by atoms with Crippen LogP contribution >= 0.6 is 0 Å². The summed E-state index contributed by atoms with van der Waals surface area (Å²) in [5, 5.41) is 0. The molecule has 3 heteroatoms. The zero-order chi connectivity index (χ0) is 14.8. The number of benzene rings is 1. The fourth-order valence-corrected chi connectivity index (χ4v) is 3.59. The Morgan fingerprint density at radius 3 is 2.62 bits per heavy atom. The van der Waals surface area contributed by atoms with Crippen LogP contribution in [0.4, 0.5) is 5.69 Å². The first-order chi connectivity index (χ1) is 10.1. The van der Waals surface area contributed by atoms with Gasteiger partial charge in [0.2, 0.25) is 5.91 Å². The van der Waals surface area contributed by atoms with Gasteiger partial charge in [-0.05, 0) is 29.7 Å². The maximum Gasteiger partial charge on any atom is 0.231 e. The Balaban J connectivity index is 1.71. The highest BCUT2D eigenvalue weighted by molar-refractivity contribution is 6.03. The highest BCUT2D eigenvalue weighted by Crippen LogP contribution is 2.30. The lowest BCUT2D eigenvalue weighted by molar-refractivity contribution is -0.117. The van der Waals surface area contributed by atoms with Gasteiger partial charge in [0.1, 0.15) is 0 Å². The van der Waals surface area contributed by atoms with Crippen molar-refractivity contribution in [2.75, 3.05) is 11.9 Å². The third-order valence-corrected chi connectivity index (χ3v) is 4.93. The van der Waals surface area contributed by atoms with Crippen LogP contribution in [0.3, 0.4) is 0 Å². The smallest absolute Gasteiger partial charge is 0.231 e. The first-order valence-electron chi connectivity index (χ1n) is 8.08. The van der Waals surface area contributed by atoms with Gasteiger partial charge in [-0.25, -0.2) is 0 Å². The third kappa shape index (κ3) is 3.02. The minimum atomic E-state index is 0.110. The van der Waals surface area contributed by atoms with Crippen molar-refractivity contribution in [1.29, 1.82) is 0 Å². The van der Waals surface area contributed by atoms with Gasteiger partial charge in [-0.1, -0.05) is 38.5 Å². The molecule has 112 valence electrons. The van der Waals surface area contributed by atoms with Crippen LogP contribution in [0.2, 0.25) is 0 Å². The van der Waals surface area contributed by atoms with Gasteiger partial charge in [0, 0.05) is 24.7 Å². The second-order valence-corrected chi connectivity index (χ2v) is 6.46. The van der Waals surface area contributed by atoms with Gasteiger partial charge < -0.3 is 4.90 Å². The summed E-state index contributed by atoms with van der Waals surface area (Å²) in [5.74, 6) is 0.905. The van der Waals surface area contributed by atoms with E-state index >= 15 is 0 Å². The van der Waals surface area contributed by atoms with E-state index in [9.17, 15) is 9.59 Å².